The number of hydrogen-bond donors (Lipinski definition) is 2. The number of anilines is 1. The summed E-state index contributed by atoms with van der Waals surface area (Å²) >= 11 is 0. The lowest BCUT2D eigenvalue weighted by molar-refractivity contribution is -0.123. The van der Waals surface area contributed by atoms with Crippen molar-refractivity contribution in [3.63, 3.8) is 0 Å². The molecule has 0 bridgehead atoms. The first-order chi connectivity index (χ1) is 10.6. The van der Waals surface area contributed by atoms with Crippen LogP contribution in [0.25, 0.3) is 0 Å². The number of benzene rings is 1. The van der Waals surface area contributed by atoms with Gasteiger partial charge in [-0.1, -0.05) is 12.1 Å². The number of hydrogen-bond acceptors (Lipinski definition) is 4. The summed E-state index contributed by atoms with van der Waals surface area (Å²) in [6.07, 6.45) is 2.05. The van der Waals surface area contributed by atoms with Gasteiger partial charge in [-0.15, -0.1) is 0 Å². The number of aryl methyl sites for hydroxylation is 1. The molecule has 3 N–H and O–H groups in total. The molecule has 1 saturated heterocycles. The van der Waals surface area contributed by atoms with Crippen LogP contribution < -0.4 is 16.0 Å². The molecule has 0 spiro atoms. The van der Waals surface area contributed by atoms with E-state index in [1.165, 1.54) is 11.3 Å². The summed E-state index contributed by atoms with van der Waals surface area (Å²) in [7, 11) is 0. The van der Waals surface area contributed by atoms with Crippen LogP contribution in [-0.2, 0) is 4.79 Å². The van der Waals surface area contributed by atoms with E-state index < -0.39 is 0 Å². The number of piperazine rings is 1. The Morgan fingerprint density at radius 3 is 2.64 bits per heavy atom. The minimum Gasteiger partial charge on any atom is -0.369 e. The van der Waals surface area contributed by atoms with Crippen LogP contribution in [0.1, 0.15) is 18.4 Å². The van der Waals surface area contributed by atoms with Gasteiger partial charge >= 0.3 is 0 Å². The fourth-order valence-electron chi connectivity index (χ4n) is 3.15. The van der Waals surface area contributed by atoms with Crippen molar-refractivity contribution in [1.82, 2.24) is 10.2 Å². The first-order valence-corrected chi connectivity index (χ1v) is 8.21. The minimum atomic E-state index is 0.115. The quantitative estimate of drug-likeness (QED) is 0.860. The third kappa shape index (κ3) is 3.59. The topological polar surface area (TPSA) is 61.6 Å². The third-order valence-electron chi connectivity index (χ3n) is 4.78. The highest BCUT2D eigenvalue weighted by atomic mass is 16.2. The summed E-state index contributed by atoms with van der Waals surface area (Å²) in [5.41, 5.74) is 8.43. The van der Waals surface area contributed by atoms with Gasteiger partial charge in [-0.2, -0.15) is 0 Å². The van der Waals surface area contributed by atoms with Gasteiger partial charge in [-0.05, 0) is 37.5 Å². The maximum Gasteiger partial charge on any atom is 0.234 e. The zero-order valence-electron chi connectivity index (χ0n) is 13.3. The molecule has 1 aromatic carbocycles. The molecule has 2 atom stereocenters. The van der Waals surface area contributed by atoms with Crippen molar-refractivity contribution in [1.29, 1.82) is 0 Å². The van der Waals surface area contributed by atoms with Gasteiger partial charge < -0.3 is 16.0 Å². The van der Waals surface area contributed by atoms with Crippen LogP contribution in [0.2, 0.25) is 0 Å². The molecule has 0 unspecified atom stereocenters. The molecule has 120 valence electrons. The number of nitrogens with one attached hydrogen (secondary N) is 1. The van der Waals surface area contributed by atoms with E-state index in [4.69, 9.17) is 5.73 Å². The number of nitrogens with zero attached hydrogens (tertiary/aromatic N) is 2. The summed E-state index contributed by atoms with van der Waals surface area (Å²) < 4.78 is 0. The molecule has 5 heteroatoms. The molecule has 1 aliphatic carbocycles. The smallest absolute Gasteiger partial charge is 0.234 e. The van der Waals surface area contributed by atoms with Gasteiger partial charge in [0.1, 0.15) is 0 Å². The summed E-state index contributed by atoms with van der Waals surface area (Å²) in [6, 6.07) is 8.96. The highest BCUT2D eigenvalue weighted by molar-refractivity contribution is 5.78. The van der Waals surface area contributed by atoms with Gasteiger partial charge in [-0.3, -0.25) is 9.69 Å². The molecule has 5 nitrogen and oxygen atoms in total. The number of carbonyl (C=O) groups excluding carboxylic acids is 1. The molecule has 1 amide bonds. The standard InChI is InChI=1S/C17H26N4O/c1-13-3-2-4-14(11-13)21-9-7-20(8-10-21)12-17(22)19-16-6-5-15(16)18/h2-4,11,15-16H,5-10,12,18H2,1H3,(H,19,22)/t15-,16+/m0/s1. The molecule has 1 saturated carbocycles. The van der Waals surface area contributed by atoms with Crippen LogP contribution in [0, 0.1) is 6.92 Å². The first kappa shape index (κ1) is 15.3. The maximum absolute atomic E-state index is 12.0. The van der Waals surface area contributed by atoms with Crippen LogP contribution in [0.3, 0.4) is 0 Å². The largest absolute Gasteiger partial charge is 0.369 e. The molecule has 0 aromatic heterocycles. The van der Waals surface area contributed by atoms with E-state index in [9.17, 15) is 4.79 Å². The van der Waals surface area contributed by atoms with Gasteiger partial charge in [-0.25, -0.2) is 0 Å². The number of rotatable bonds is 4. The van der Waals surface area contributed by atoms with Gasteiger partial charge in [0.15, 0.2) is 0 Å². The second-order valence-corrected chi connectivity index (χ2v) is 6.52. The average molecular weight is 302 g/mol. The van der Waals surface area contributed by atoms with Crippen molar-refractivity contribution in [3.05, 3.63) is 29.8 Å². The van der Waals surface area contributed by atoms with Gasteiger partial charge in [0.05, 0.1) is 6.54 Å². The van der Waals surface area contributed by atoms with Gasteiger partial charge in [0.25, 0.3) is 0 Å². The van der Waals surface area contributed by atoms with Crippen molar-refractivity contribution in [2.24, 2.45) is 5.73 Å². The lowest BCUT2D eigenvalue weighted by Gasteiger charge is -2.37. The summed E-state index contributed by atoms with van der Waals surface area (Å²) in [5, 5.41) is 3.04. The number of nitrogens with two attached hydrogens (primary N) is 1. The average Bonchev–Trinajstić information content (AvgIpc) is 2.52. The Bertz CT molecular complexity index is 525. The monoisotopic (exact) mass is 302 g/mol. The Morgan fingerprint density at radius 2 is 2.05 bits per heavy atom. The lowest BCUT2D eigenvalue weighted by Crippen LogP contribution is -2.57. The van der Waals surface area contributed by atoms with Crippen LogP contribution in [-0.4, -0.2) is 55.6 Å². The van der Waals surface area contributed by atoms with Crippen molar-refractivity contribution in [2.45, 2.75) is 31.8 Å². The Morgan fingerprint density at radius 1 is 1.27 bits per heavy atom. The maximum atomic E-state index is 12.0. The molecular weight excluding hydrogens is 276 g/mol. The van der Waals surface area contributed by atoms with Crippen LogP contribution in [0.4, 0.5) is 5.69 Å². The lowest BCUT2D eigenvalue weighted by atomic mass is 9.87. The van der Waals surface area contributed by atoms with E-state index in [1.807, 2.05) is 0 Å². The summed E-state index contributed by atoms with van der Waals surface area (Å²) in [6.45, 7) is 6.41. The number of carbonyl (C=O) groups is 1. The fourth-order valence-corrected chi connectivity index (χ4v) is 3.15. The zero-order chi connectivity index (χ0) is 15.5. The van der Waals surface area contributed by atoms with E-state index in [-0.39, 0.29) is 18.0 Å². The molecule has 1 heterocycles. The van der Waals surface area contributed by atoms with Gasteiger partial charge in [0, 0.05) is 44.0 Å². The minimum absolute atomic E-state index is 0.115. The molecule has 1 aliphatic heterocycles. The van der Waals surface area contributed by atoms with Crippen molar-refractivity contribution in [2.75, 3.05) is 37.6 Å². The molecule has 22 heavy (non-hydrogen) atoms. The van der Waals surface area contributed by atoms with Crippen LogP contribution in [0.15, 0.2) is 24.3 Å². The number of amides is 1. The molecule has 0 radical (unpaired) electrons. The predicted octanol–water partition coefficient (Wildman–Crippen LogP) is 0.723. The van der Waals surface area contributed by atoms with Crippen molar-refractivity contribution >= 4 is 11.6 Å². The zero-order valence-corrected chi connectivity index (χ0v) is 13.3. The van der Waals surface area contributed by atoms with E-state index in [0.29, 0.717) is 6.54 Å². The Labute approximate surface area is 132 Å². The van der Waals surface area contributed by atoms with Gasteiger partial charge in [0.2, 0.25) is 5.91 Å². The van der Waals surface area contributed by atoms with Crippen LogP contribution >= 0.6 is 0 Å². The third-order valence-corrected chi connectivity index (χ3v) is 4.78. The highest BCUT2D eigenvalue weighted by Crippen LogP contribution is 2.18. The van der Waals surface area contributed by atoms with E-state index in [2.05, 4.69) is 46.3 Å². The Balaban J connectivity index is 1.44. The SMILES string of the molecule is Cc1cccc(N2CCN(CC(=O)N[C@@H]3CC[C@@H]3N)CC2)c1. The predicted molar refractivity (Wildman–Crippen MR) is 89.0 cm³/mol. The molecule has 3 rings (SSSR count). The molecule has 1 aromatic rings. The van der Waals surface area contributed by atoms with Crippen molar-refractivity contribution < 1.29 is 4.79 Å². The fraction of sp³-hybridized carbons (Fsp3) is 0.588. The van der Waals surface area contributed by atoms with Crippen LogP contribution in [0.5, 0.6) is 0 Å². The normalized spacial score (nSPS) is 25.6. The van der Waals surface area contributed by atoms with E-state index in [1.54, 1.807) is 0 Å². The molecular formula is C17H26N4O. The molecule has 2 aliphatic rings. The first-order valence-electron chi connectivity index (χ1n) is 8.21. The second kappa shape index (κ2) is 6.67. The van der Waals surface area contributed by atoms with E-state index >= 15 is 0 Å². The highest BCUT2D eigenvalue weighted by Gasteiger charge is 2.29. The van der Waals surface area contributed by atoms with Crippen molar-refractivity contribution in [3.8, 4) is 0 Å². The Kier molecular flexibility index (Phi) is 4.64. The molecule has 2 fully saturated rings. The summed E-state index contributed by atoms with van der Waals surface area (Å²) in [5.74, 6) is 0.115. The Hall–Kier alpha value is -1.59. The second-order valence-electron chi connectivity index (χ2n) is 6.52. The summed E-state index contributed by atoms with van der Waals surface area (Å²) in [4.78, 5) is 16.7. The van der Waals surface area contributed by atoms with E-state index in [0.717, 1.165) is 39.0 Å².